The molecular formula is C50H16F28N2. The second-order valence-corrected chi connectivity index (χ2v) is 16.9. The minimum Gasteiger partial charge on any atom is -0.326 e. The number of benzene rings is 6. The summed E-state index contributed by atoms with van der Waals surface area (Å²) in [6.07, 6.45) is -12.3. The molecule has 0 fully saturated rings. The largest absolute Gasteiger partial charge is 0.326 e. The van der Waals surface area contributed by atoms with Gasteiger partial charge in [-0.2, -0.15) is 0 Å². The van der Waals surface area contributed by atoms with Gasteiger partial charge in [0, 0.05) is 16.9 Å². The summed E-state index contributed by atoms with van der Waals surface area (Å²) < 4.78 is 422. The molecule has 4 atom stereocenters. The fourth-order valence-corrected chi connectivity index (χ4v) is 8.72. The van der Waals surface area contributed by atoms with E-state index in [0.717, 1.165) is 13.8 Å². The van der Waals surface area contributed by atoms with E-state index in [1.807, 2.05) is 0 Å². The van der Waals surface area contributed by atoms with Crippen LogP contribution in [0.25, 0.3) is 27.8 Å². The zero-order valence-electron chi connectivity index (χ0n) is 38.3. The maximum Gasteiger partial charge on any atom is 0.200 e. The number of aryl methyl sites for hydroxylation is 2. The second-order valence-electron chi connectivity index (χ2n) is 16.9. The summed E-state index contributed by atoms with van der Waals surface area (Å²) in [4.78, 5) is -1.36. The number of alkyl halides is 3. The molecule has 0 saturated carbocycles. The zero-order valence-corrected chi connectivity index (χ0v) is 38.3. The lowest BCUT2D eigenvalue weighted by Crippen LogP contribution is -2.49. The average molecular weight is 1180 g/mol. The molecule has 0 saturated heterocycles. The van der Waals surface area contributed by atoms with Gasteiger partial charge in [-0.25, -0.2) is 123 Å². The first-order valence-corrected chi connectivity index (χ1v) is 21.3. The molecule has 0 amide bonds. The van der Waals surface area contributed by atoms with Crippen LogP contribution in [0.3, 0.4) is 0 Å². The van der Waals surface area contributed by atoms with Crippen molar-refractivity contribution in [1.29, 1.82) is 0 Å². The fourth-order valence-electron chi connectivity index (χ4n) is 8.72. The SMILES string of the molecule is Cc1cc(N(c2c(F)c(F)c(F)c(F)c2F)c2c(F)c(F)c(-c3c(F)c(F)c(F)c(F)c3F)c(F)c2F)ccc1-c1ccc(N(C2=C(F)C(F)=C(c3c(F)c(F)c(F)c(F)c3F)C(F)C2F)C2C(F)=C(F)C(F)=C(F)C2F)cc1C. The van der Waals surface area contributed by atoms with Crippen molar-refractivity contribution in [2.45, 2.75) is 38.4 Å². The lowest BCUT2D eigenvalue weighted by atomic mass is 9.88. The highest BCUT2D eigenvalue weighted by molar-refractivity contribution is 5.84. The Morgan fingerprint density at radius 2 is 0.637 bits per heavy atom. The first kappa shape index (κ1) is 58.1. The van der Waals surface area contributed by atoms with Crippen molar-refractivity contribution >= 4 is 28.3 Å². The van der Waals surface area contributed by atoms with Crippen LogP contribution in [0, 0.1) is 124 Å². The predicted molar refractivity (Wildman–Crippen MR) is 223 cm³/mol. The molecule has 0 heterocycles. The van der Waals surface area contributed by atoms with Crippen LogP contribution < -0.4 is 9.80 Å². The number of hydrogen-bond acceptors (Lipinski definition) is 2. The Bertz CT molecular complexity index is 3730. The molecule has 0 spiro atoms. The smallest absolute Gasteiger partial charge is 0.200 e. The van der Waals surface area contributed by atoms with Crippen molar-refractivity contribution in [3.8, 4) is 22.3 Å². The third kappa shape index (κ3) is 8.48. The van der Waals surface area contributed by atoms with Gasteiger partial charge in [0.1, 0.15) is 17.4 Å². The van der Waals surface area contributed by atoms with E-state index < -0.39 is 242 Å². The molecule has 4 unspecified atom stereocenters. The molecule has 6 aromatic carbocycles. The molecule has 0 N–H and O–H groups in total. The zero-order chi connectivity index (χ0) is 59.6. The van der Waals surface area contributed by atoms with Crippen LogP contribution in [0.4, 0.5) is 146 Å². The first-order valence-electron chi connectivity index (χ1n) is 21.3. The third-order valence-corrected chi connectivity index (χ3v) is 12.4. The van der Waals surface area contributed by atoms with Crippen LogP contribution in [-0.4, -0.2) is 24.6 Å². The van der Waals surface area contributed by atoms with Crippen LogP contribution in [0.1, 0.15) is 16.7 Å². The van der Waals surface area contributed by atoms with Crippen LogP contribution in [0.2, 0.25) is 0 Å². The third-order valence-electron chi connectivity index (χ3n) is 12.4. The molecule has 6 aromatic rings. The van der Waals surface area contributed by atoms with Gasteiger partial charge >= 0.3 is 0 Å². The molecule has 8 rings (SSSR count). The minimum atomic E-state index is -4.16. The van der Waals surface area contributed by atoms with Gasteiger partial charge in [-0.05, 0) is 60.4 Å². The standard InChI is InChI=1S/C50H16F28N2/c1-9-7-11(79(49-43(75)35(67)33(65)36(68)44(49)76)47-39(71)23(55)17(24(56)40(47)72)15-19(51)27(59)31(63)28(60)20(15)52)3-5-13(9)14-6-4-12(8-10(14)2)80(50-45(77)37(69)34(66)38(70)46(50)78)48-41(73)25(57)18(26(58)42(48)74)16-21(53)29(61)32(64)30(62)22(16)54/h3-8,23,39,43,49H,1-2H3. The summed E-state index contributed by atoms with van der Waals surface area (Å²) in [6, 6.07) is -0.574. The fraction of sp³-hybridized carbons (Fsp3) is 0.120. The van der Waals surface area contributed by atoms with Crippen molar-refractivity contribution in [2.24, 2.45) is 0 Å². The van der Waals surface area contributed by atoms with Crippen LogP contribution in [0.15, 0.2) is 77.1 Å². The lowest BCUT2D eigenvalue weighted by Gasteiger charge is -2.40. The molecule has 0 radical (unpaired) electrons. The van der Waals surface area contributed by atoms with E-state index in [2.05, 4.69) is 0 Å². The Labute approximate surface area is 425 Å². The Morgan fingerprint density at radius 3 is 1.05 bits per heavy atom. The van der Waals surface area contributed by atoms with Crippen LogP contribution in [-0.2, 0) is 0 Å². The molecule has 2 nitrogen and oxygen atoms in total. The quantitative estimate of drug-likeness (QED) is 0.0809. The first-order chi connectivity index (χ1) is 37.3. The van der Waals surface area contributed by atoms with Gasteiger partial charge in [0.05, 0.1) is 22.4 Å². The van der Waals surface area contributed by atoms with Gasteiger partial charge in [0.25, 0.3) is 0 Å². The highest BCUT2D eigenvalue weighted by Gasteiger charge is 2.52. The van der Waals surface area contributed by atoms with E-state index in [1.54, 1.807) is 0 Å². The maximum atomic E-state index is 16.4. The number of anilines is 4. The number of rotatable bonds is 9. The molecule has 0 aromatic heterocycles. The maximum absolute atomic E-state index is 16.4. The molecular weight excluding hydrogens is 1160 g/mol. The molecule has 2 aliphatic carbocycles. The van der Waals surface area contributed by atoms with E-state index in [4.69, 9.17) is 0 Å². The van der Waals surface area contributed by atoms with E-state index in [0.29, 0.717) is 36.4 Å². The van der Waals surface area contributed by atoms with Gasteiger partial charge in [0.15, 0.2) is 147 Å². The summed E-state index contributed by atoms with van der Waals surface area (Å²) in [5.41, 5.74) is -22.4. The number of allylic oxidation sites excluding steroid dienone is 6. The monoisotopic (exact) mass is 1180 g/mol. The second kappa shape index (κ2) is 20.5. The van der Waals surface area contributed by atoms with Gasteiger partial charge in [0.2, 0.25) is 17.5 Å². The van der Waals surface area contributed by atoms with E-state index in [1.165, 1.54) is 0 Å². The molecule has 0 bridgehead atoms. The van der Waals surface area contributed by atoms with Gasteiger partial charge in [-0.15, -0.1) is 0 Å². The minimum absolute atomic E-state index is 0.375. The average Bonchev–Trinajstić information content (AvgIpc) is 3.59. The lowest BCUT2D eigenvalue weighted by molar-refractivity contribution is 0.208. The summed E-state index contributed by atoms with van der Waals surface area (Å²) in [6.45, 7) is 1.80. The van der Waals surface area contributed by atoms with Crippen molar-refractivity contribution in [1.82, 2.24) is 0 Å². The van der Waals surface area contributed by atoms with Gasteiger partial charge < -0.3 is 4.90 Å². The van der Waals surface area contributed by atoms with Gasteiger partial charge in [-0.3, -0.25) is 4.90 Å². The van der Waals surface area contributed by atoms with Crippen LogP contribution in [0.5, 0.6) is 0 Å². The highest BCUT2D eigenvalue weighted by Crippen LogP contribution is 2.51. The number of nitrogens with zero attached hydrogens (tertiary/aromatic N) is 2. The molecule has 0 aliphatic heterocycles. The van der Waals surface area contributed by atoms with E-state index in [-0.39, 0.29) is 11.1 Å². The molecule has 422 valence electrons. The Hall–Kier alpha value is -8.08. The Balaban J connectivity index is 1.33. The van der Waals surface area contributed by atoms with Crippen molar-refractivity contribution in [2.75, 3.05) is 9.80 Å². The normalized spacial score (nSPS) is 17.9. The van der Waals surface area contributed by atoms with Crippen molar-refractivity contribution < 1.29 is 123 Å². The molecule has 2 aliphatic rings. The van der Waals surface area contributed by atoms with Crippen molar-refractivity contribution in [3.63, 3.8) is 0 Å². The predicted octanol–water partition coefficient (Wildman–Crippen LogP) is 17.8. The topological polar surface area (TPSA) is 6.48 Å². The number of hydrogen-bond donors (Lipinski definition) is 0. The Kier molecular flexibility index (Phi) is 14.9. The Morgan fingerprint density at radius 1 is 0.312 bits per heavy atom. The highest BCUT2D eigenvalue weighted by atomic mass is 19.2. The van der Waals surface area contributed by atoms with Crippen molar-refractivity contribution in [3.05, 3.63) is 204 Å². The molecule has 80 heavy (non-hydrogen) atoms. The summed E-state index contributed by atoms with van der Waals surface area (Å²) in [7, 11) is 0. The summed E-state index contributed by atoms with van der Waals surface area (Å²) in [5, 5.41) is 0. The summed E-state index contributed by atoms with van der Waals surface area (Å²) in [5.74, 6) is -74.8. The van der Waals surface area contributed by atoms with Crippen LogP contribution >= 0.6 is 0 Å². The number of halogens is 28. The molecule has 30 heteroatoms. The van der Waals surface area contributed by atoms with E-state index >= 15 is 52.7 Å². The van der Waals surface area contributed by atoms with Gasteiger partial charge in [-0.1, -0.05) is 12.1 Å². The van der Waals surface area contributed by atoms with E-state index in [9.17, 15) is 70.2 Å². The summed E-state index contributed by atoms with van der Waals surface area (Å²) >= 11 is 0.